The predicted octanol–water partition coefficient (Wildman–Crippen LogP) is 2.34. The zero-order chi connectivity index (χ0) is 14.0. The molecule has 0 unspecified atom stereocenters. The molecule has 0 radical (unpaired) electrons. The summed E-state index contributed by atoms with van der Waals surface area (Å²) in [5, 5.41) is 0. The van der Waals surface area contributed by atoms with Crippen LogP contribution in [0, 0.1) is 5.82 Å². The number of amides is 1. The van der Waals surface area contributed by atoms with Gasteiger partial charge in [0.1, 0.15) is 5.82 Å². The molecule has 1 heterocycles. The van der Waals surface area contributed by atoms with Crippen molar-refractivity contribution in [2.75, 3.05) is 6.54 Å². The quantitative estimate of drug-likeness (QED) is 0.821. The summed E-state index contributed by atoms with van der Waals surface area (Å²) in [6, 6.07) is 6.25. The minimum Gasteiger partial charge on any atom is -0.330 e. The molecule has 1 aliphatic heterocycles. The van der Waals surface area contributed by atoms with Crippen molar-refractivity contribution in [2.24, 2.45) is 0 Å². The number of piperidine rings is 1. The first-order valence-electron chi connectivity index (χ1n) is 6.46. The number of carbonyl (C=O) groups is 2. The molecule has 102 valence electrons. The standard InChI is InChI=1S/C15H18FNO2/c1-15(2)8-7-12(18)10-17(15)14(19)9-11-5-3-4-6-13(11)16/h3-6H,7-10H2,1-2H3. The average Bonchev–Trinajstić information content (AvgIpc) is 2.35. The van der Waals surface area contributed by atoms with Gasteiger partial charge >= 0.3 is 0 Å². The maximum atomic E-state index is 13.5. The van der Waals surface area contributed by atoms with E-state index in [0.29, 0.717) is 18.4 Å². The number of halogens is 1. The van der Waals surface area contributed by atoms with Crippen molar-refractivity contribution in [1.29, 1.82) is 0 Å². The second-order valence-electron chi connectivity index (χ2n) is 5.60. The van der Waals surface area contributed by atoms with Gasteiger partial charge < -0.3 is 4.90 Å². The first-order chi connectivity index (χ1) is 8.90. The van der Waals surface area contributed by atoms with Gasteiger partial charge in [-0.25, -0.2) is 4.39 Å². The van der Waals surface area contributed by atoms with Crippen LogP contribution < -0.4 is 0 Å². The third-order valence-electron chi connectivity index (χ3n) is 3.68. The van der Waals surface area contributed by atoms with Crippen LogP contribution in [0.15, 0.2) is 24.3 Å². The van der Waals surface area contributed by atoms with Gasteiger partial charge in [0, 0.05) is 12.0 Å². The molecule has 1 aromatic rings. The second kappa shape index (κ2) is 5.11. The predicted molar refractivity (Wildman–Crippen MR) is 70.1 cm³/mol. The average molecular weight is 263 g/mol. The molecule has 1 saturated heterocycles. The van der Waals surface area contributed by atoms with E-state index in [1.807, 2.05) is 13.8 Å². The Morgan fingerprint density at radius 3 is 2.74 bits per heavy atom. The number of carbonyl (C=O) groups excluding carboxylic acids is 2. The molecule has 0 bridgehead atoms. The number of benzene rings is 1. The summed E-state index contributed by atoms with van der Waals surface area (Å²) in [5.41, 5.74) is 0.0392. The Hall–Kier alpha value is -1.71. The van der Waals surface area contributed by atoms with Crippen LogP contribution in [0.3, 0.4) is 0 Å². The summed E-state index contributed by atoms with van der Waals surface area (Å²) in [6.45, 7) is 4.03. The van der Waals surface area contributed by atoms with Gasteiger partial charge in [-0.05, 0) is 31.9 Å². The van der Waals surface area contributed by atoms with E-state index < -0.39 is 0 Å². The summed E-state index contributed by atoms with van der Waals surface area (Å²) < 4.78 is 13.5. The number of rotatable bonds is 2. The zero-order valence-electron chi connectivity index (χ0n) is 11.3. The molecule has 0 N–H and O–H groups in total. The molecule has 1 aliphatic rings. The minimum absolute atomic E-state index is 0.00336. The first kappa shape index (κ1) is 13.7. The maximum absolute atomic E-state index is 13.5. The second-order valence-corrected chi connectivity index (χ2v) is 5.60. The fraction of sp³-hybridized carbons (Fsp3) is 0.467. The Balaban J connectivity index is 2.15. The third kappa shape index (κ3) is 3.00. The molecule has 3 nitrogen and oxygen atoms in total. The van der Waals surface area contributed by atoms with E-state index in [-0.39, 0.29) is 36.0 Å². The van der Waals surface area contributed by atoms with Crippen molar-refractivity contribution in [3.05, 3.63) is 35.6 Å². The fourth-order valence-electron chi connectivity index (χ4n) is 2.38. The zero-order valence-corrected chi connectivity index (χ0v) is 11.3. The van der Waals surface area contributed by atoms with Gasteiger partial charge in [-0.1, -0.05) is 18.2 Å². The third-order valence-corrected chi connectivity index (χ3v) is 3.68. The van der Waals surface area contributed by atoms with Gasteiger partial charge in [0.15, 0.2) is 5.78 Å². The van der Waals surface area contributed by atoms with Crippen LogP contribution in [-0.2, 0) is 16.0 Å². The Bertz CT molecular complexity index is 511. The smallest absolute Gasteiger partial charge is 0.227 e. The number of Topliss-reactive ketones (excluding diaryl/α,β-unsaturated/α-hetero) is 1. The molecule has 1 amide bonds. The number of ketones is 1. The summed E-state index contributed by atoms with van der Waals surface area (Å²) in [5.74, 6) is -0.499. The summed E-state index contributed by atoms with van der Waals surface area (Å²) in [4.78, 5) is 25.4. The van der Waals surface area contributed by atoms with Crippen LogP contribution in [0.25, 0.3) is 0 Å². The van der Waals surface area contributed by atoms with Crippen molar-refractivity contribution in [1.82, 2.24) is 4.90 Å². The van der Waals surface area contributed by atoms with E-state index in [1.165, 1.54) is 6.07 Å². The van der Waals surface area contributed by atoms with Gasteiger partial charge in [0.2, 0.25) is 5.91 Å². The highest BCUT2D eigenvalue weighted by Gasteiger charge is 2.36. The Labute approximate surface area is 112 Å². The number of likely N-dealkylation sites (tertiary alicyclic amines) is 1. The molecule has 0 aliphatic carbocycles. The molecule has 0 aromatic heterocycles. The molecule has 0 spiro atoms. The van der Waals surface area contributed by atoms with Crippen LogP contribution in [0.4, 0.5) is 4.39 Å². The van der Waals surface area contributed by atoms with E-state index in [0.717, 1.165) is 0 Å². The van der Waals surface area contributed by atoms with Gasteiger partial charge in [-0.15, -0.1) is 0 Å². The van der Waals surface area contributed by atoms with Crippen LogP contribution >= 0.6 is 0 Å². The summed E-state index contributed by atoms with van der Waals surface area (Å²) in [7, 11) is 0. The van der Waals surface area contributed by atoms with E-state index in [2.05, 4.69) is 0 Å². The molecule has 1 fully saturated rings. The van der Waals surface area contributed by atoms with Crippen molar-refractivity contribution in [3.8, 4) is 0 Å². The first-order valence-corrected chi connectivity index (χ1v) is 6.46. The van der Waals surface area contributed by atoms with E-state index >= 15 is 0 Å². The molecule has 1 aromatic carbocycles. The van der Waals surface area contributed by atoms with Crippen LogP contribution in [0.1, 0.15) is 32.3 Å². The Morgan fingerprint density at radius 2 is 2.05 bits per heavy atom. The highest BCUT2D eigenvalue weighted by Crippen LogP contribution is 2.26. The summed E-state index contributed by atoms with van der Waals surface area (Å²) >= 11 is 0. The van der Waals surface area contributed by atoms with Gasteiger partial charge in [-0.3, -0.25) is 9.59 Å². The van der Waals surface area contributed by atoms with Crippen LogP contribution in [0.2, 0.25) is 0 Å². The molecule has 2 rings (SSSR count). The highest BCUT2D eigenvalue weighted by molar-refractivity contribution is 5.88. The molecule has 0 saturated carbocycles. The normalized spacial score (nSPS) is 18.5. The SMILES string of the molecule is CC1(C)CCC(=O)CN1C(=O)Cc1ccccc1F. The van der Waals surface area contributed by atoms with Gasteiger partial charge in [0.25, 0.3) is 0 Å². The Morgan fingerprint density at radius 1 is 1.37 bits per heavy atom. The number of hydrogen-bond acceptors (Lipinski definition) is 2. The lowest BCUT2D eigenvalue weighted by molar-refractivity contribution is -0.144. The van der Waals surface area contributed by atoms with E-state index in [1.54, 1.807) is 23.1 Å². The molecular formula is C15H18FNO2. The molecule has 4 heteroatoms. The molecule has 0 atom stereocenters. The number of nitrogens with zero attached hydrogens (tertiary/aromatic N) is 1. The topological polar surface area (TPSA) is 37.4 Å². The largest absolute Gasteiger partial charge is 0.330 e. The lowest BCUT2D eigenvalue weighted by atomic mass is 9.89. The van der Waals surface area contributed by atoms with E-state index in [4.69, 9.17) is 0 Å². The minimum atomic E-state index is -0.378. The van der Waals surface area contributed by atoms with Crippen molar-refractivity contribution < 1.29 is 14.0 Å². The lowest BCUT2D eigenvalue weighted by Crippen LogP contribution is -2.54. The van der Waals surface area contributed by atoms with Crippen LogP contribution in [-0.4, -0.2) is 28.7 Å². The van der Waals surface area contributed by atoms with Crippen molar-refractivity contribution in [3.63, 3.8) is 0 Å². The molecular weight excluding hydrogens is 245 g/mol. The molecule has 19 heavy (non-hydrogen) atoms. The van der Waals surface area contributed by atoms with Gasteiger partial charge in [0.05, 0.1) is 13.0 Å². The lowest BCUT2D eigenvalue weighted by Gasteiger charge is -2.41. The van der Waals surface area contributed by atoms with Crippen molar-refractivity contribution in [2.45, 2.75) is 38.6 Å². The van der Waals surface area contributed by atoms with Crippen LogP contribution in [0.5, 0.6) is 0 Å². The van der Waals surface area contributed by atoms with Gasteiger partial charge in [-0.2, -0.15) is 0 Å². The number of hydrogen-bond donors (Lipinski definition) is 0. The fourth-order valence-corrected chi connectivity index (χ4v) is 2.38. The maximum Gasteiger partial charge on any atom is 0.227 e. The Kier molecular flexibility index (Phi) is 3.69. The monoisotopic (exact) mass is 263 g/mol. The van der Waals surface area contributed by atoms with Crippen molar-refractivity contribution >= 4 is 11.7 Å². The highest BCUT2D eigenvalue weighted by atomic mass is 19.1. The summed E-state index contributed by atoms with van der Waals surface area (Å²) in [6.07, 6.45) is 1.18. The van der Waals surface area contributed by atoms with E-state index in [9.17, 15) is 14.0 Å².